The van der Waals surface area contributed by atoms with Crippen molar-refractivity contribution in [2.24, 2.45) is 22.6 Å². The molecule has 4 nitrogen and oxygen atoms in total. The van der Waals surface area contributed by atoms with Gasteiger partial charge in [-0.15, -0.1) is 24.0 Å². The maximum absolute atomic E-state index is 5.95. The van der Waals surface area contributed by atoms with Gasteiger partial charge in [0.2, 0.25) is 0 Å². The Morgan fingerprint density at radius 1 is 1.43 bits per heavy atom. The van der Waals surface area contributed by atoms with Crippen molar-refractivity contribution >= 4 is 35.6 Å². The lowest BCUT2D eigenvalue weighted by Gasteiger charge is -2.25. The Morgan fingerprint density at radius 2 is 2.24 bits per heavy atom. The molecule has 0 saturated heterocycles. The maximum atomic E-state index is 5.95. The number of nitrogens with two attached hydrogens (primary N) is 1. The quantitative estimate of drug-likeness (QED) is 0.456. The van der Waals surface area contributed by atoms with Crippen molar-refractivity contribution in [3.63, 3.8) is 0 Å². The number of nitrogens with zero attached hydrogens (tertiary/aromatic N) is 1. The molecule has 118 valence electrons. The molecule has 2 rings (SSSR count). The molecule has 0 aromatic heterocycles. The Labute approximate surface area is 144 Å². The normalized spacial score (nSPS) is 22.3. The summed E-state index contributed by atoms with van der Waals surface area (Å²) in [5.74, 6) is 2.81. The molecule has 1 saturated carbocycles. The van der Waals surface area contributed by atoms with Gasteiger partial charge in [-0.25, -0.2) is 0 Å². The van der Waals surface area contributed by atoms with Gasteiger partial charge in [-0.1, -0.05) is 25.8 Å². The Hall–Kier alpha value is -0.980. The zero-order chi connectivity index (χ0) is 14.4. The van der Waals surface area contributed by atoms with Crippen LogP contribution in [0.4, 0.5) is 5.69 Å². The van der Waals surface area contributed by atoms with E-state index in [9.17, 15) is 0 Å². The topological polar surface area (TPSA) is 59.6 Å². The van der Waals surface area contributed by atoms with Crippen molar-refractivity contribution < 1.29 is 4.74 Å². The first kappa shape index (κ1) is 18.1. The molecule has 2 unspecified atom stereocenters. The SMILES string of the molecule is COc1cccc(NC(N)=NCC2CCCC(C)C2)c1.I. The zero-order valence-corrected chi connectivity index (χ0v) is 15.2. The fourth-order valence-electron chi connectivity index (χ4n) is 2.84. The van der Waals surface area contributed by atoms with Gasteiger partial charge in [0.05, 0.1) is 7.11 Å². The van der Waals surface area contributed by atoms with Gasteiger partial charge in [0.15, 0.2) is 5.96 Å². The standard InChI is InChI=1S/C16H25N3O.HI/c1-12-5-3-6-13(9-12)11-18-16(17)19-14-7-4-8-15(10-14)20-2;/h4,7-8,10,12-13H,3,5-6,9,11H2,1-2H3,(H3,17,18,19);1H. The molecule has 1 fully saturated rings. The summed E-state index contributed by atoms with van der Waals surface area (Å²) >= 11 is 0. The number of hydrogen-bond donors (Lipinski definition) is 2. The highest BCUT2D eigenvalue weighted by molar-refractivity contribution is 14.0. The van der Waals surface area contributed by atoms with Crippen molar-refractivity contribution in [3.8, 4) is 5.75 Å². The number of nitrogens with one attached hydrogen (secondary N) is 1. The summed E-state index contributed by atoms with van der Waals surface area (Å²) in [4.78, 5) is 4.48. The molecule has 0 heterocycles. The van der Waals surface area contributed by atoms with E-state index in [1.165, 1.54) is 25.7 Å². The number of methoxy groups -OCH3 is 1. The molecule has 2 atom stereocenters. The Bertz CT molecular complexity index is 465. The minimum absolute atomic E-state index is 0. The van der Waals surface area contributed by atoms with Gasteiger partial charge in [-0.2, -0.15) is 0 Å². The number of ether oxygens (including phenoxy) is 1. The summed E-state index contributed by atoms with van der Waals surface area (Å²) in [6.45, 7) is 3.15. The number of guanidine groups is 1. The van der Waals surface area contributed by atoms with Crippen LogP contribution in [0.5, 0.6) is 5.75 Å². The smallest absolute Gasteiger partial charge is 0.193 e. The molecule has 0 spiro atoms. The van der Waals surface area contributed by atoms with Crippen LogP contribution in [-0.4, -0.2) is 19.6 Å². The zero-order valence-electron chi connectivity index (χ0n) is 12.8. The first-order chi connectivity index (χ1) is 9.67. The van der Waals surface area contributed by atoms with Crippen LogP contribution in [0.2, 0.25) is 0 Å². The molecule has 21 heavy (non-hydrogen) atoms. The minimum Gasteiger partial charge on any atom is -0.497 e. The van der Waals surface area contributed by atoms with Crippen molar-refractivity contribution in [2.45, 2.75) is 32.6 Å². The van der Waals surface area contributed by atoms with Gasteiger partial charge in [0.1, 0.15) is 5.75 Å². The van der Waals surface area contributed by atoms with Gasteiger partial charge in [0, 0.05) is 18.3 Å². The average Bonchev–Trinajstić information content (AvgIpc) is 2.45. The van der Waals surface area contributed by atoms with E-state index < -0.39 is 0 Å². The van der Waals surface area contributed by atoms with Crippen LogP contribution in [0.1, 0.15) is 32.6 Å². The predicted molar refractivity (Wildman–Crippen MR) is 99.6 cm³/mol. The van der Waals surface area contributed by atoms with E-state index >= 15 is 0 Å². The van der Waals surface area contributed by atoms with Crippen LogP contribution < -0.4 is 15.8 Å². The van der Waals surface area contributed by atoms with Gasteiger partial charge in [-0.05, 0) is 36.8 Å². The van der Waals surface area contributed by atoms with Gasteiger partial charge < -0.3 is 15.8 Å². The molecule has 1 aromatic carbocycles. The molecule has 1 aliphatic rings. The number of anilines is 1. The maximum Gasteiger partial charge on any atom is 0.193 e. The van der Waals surface area contributed by atoms with Gasteiger partial charge in [0.25, 0.3) is 0 Å². The third kappa shape index (κ3) is 6.11. The third-order valence-corrected chi connectivity index (χ3v) is 3.91. The molecule has 0 amide bonds. The molecule has 3 N–H and O–H groups in total. The number of halogens is 1. The lowest BCUT2D eigenvalue weighted by Crippen LogP contribution is -2.25. The van der Waals surface area contributed by atoms with Crippen LogP contribution in [-0.2, 0) is 0 Å². The highest BCUT2D eigenvalue weighted by atomic mass is 127. The summed E-state index contributed by atoms with van der Waals surface area (Å²) in [6.07, 6.45) is 5.23. The van der Waals surface area contributed by atoms with E-state index in [1.807, 2.05) is 24.3 Å². The molecular formula is C16H26IN3O. The molecule has 0 aliphatic heterocycles. The van der Waals surface area contributed by atoms with E-state index in [-0.39, 0.29) is 24.0 Å². The second-order valence-corrected chi connectivity index (χ2v) is 5.72. The number of hydrogen-bond acceptors (Lipinski definition) is 2. The number of benzene rings is 1. The third-order valence-electron chi connectivity index (χ3n) is 3.91. The van der Waals surface area contributed by atoms with Crippen molar-refractivity contribution in [1.82, 2.24) is 0 Å². The van der Waals surface area contributed by atoms with Crippen LogP contribution >= 0.6 is 24.0 Å². The van der Waals surface area contributed by atoms with Gasteiger partial charge in [-0.3, -0.25) is 4.99 Å². The summed E-state index contributed by atoms with van der Waals surface area (Å²) in [6, 6.07) is 7.69. The Balaban J connectivity index is 0.00000220. The summed E-state index contributed by atoms with van der Waals surface area (Å²) in [5.41, 5.74) is 6.85. The van der Waals surface area contributed by atoms with Crippen molar-refractivity contribution in [3.05, 3.63) is 24.3 Å². The van der Waals surface area contributed by atoms with E-state index in [0.29, 0.717) is 11.9 Å². The fraction of sp³-hybridized carbons (Fsp3) is 0.562. The Kier molecular flexibility index (Phi) is 7.85. The second kappa shape index (κ2) is 9.12. The first-order valence-electron chi connectivity index (χ1n) is 7.38. The van der Waals surface area contributed by atoms with Crippen LogP contribution in [0.3, 0.4) is 0 Å². The number of aliphatic imine (C=N–C) groups is 1. The second-order valence-electron chi connectivity index (χ2n) is 5.72. The summed E-state index contributed by atoms with van der Waals surface area (Å²) in [7, 11) is 1.65. The predicted octanol–water partition coefficient (Wildman–Crippen LogP) is 3.87. The minimum atomic E-state index is 0. The fourth-order valence-corrected chi connectivity index (χ4v) is 2.84. The Morgan fingerprint density at radius 3 is 2.95 bits per heavy atom. The van der Waals surface area contributed by atoms with E-state index in [0.717, 1.165) is 23.9 Å². The summed E-state index contributed by atoms with van der Waals surface area (Å²) < 4.78 is 5.18. The van der Waals surface area contributed by atoms with Crippen LogP contribution in [0.15, 0.2) is 29.3 Å². The monoisotopic (exact) mass is 403 g/mol. The van der Waals surface area contributed by atoms with E-state index in [4.69, 9.17) is 10.5 Å². The van der Waals surface area contributed by atoms with Crippen LogP contribution in [0, 0.1) is 11.8 Å². The summed E-state index contributed by atoms with van der Waals surface area (Å²) in [5, 5.41) is 3.12. The molecule has 1 aliphatic carbocycles. The molecule has 5 heteroatoms. The van der Waals surface area contributed by atoms with Crippen molar-refractivity contribution in [2.75, 3.05) is 19.0 Å². The molecular weight excluding hydrogens is 377 g/mol. The lowest BCUT2D eigenvalue weighted by molar-refractivity contribution is 0.289. The number of rotatable bonds is 4. The largest absolute Gasteiger partial charge is 0.497 e. The van der Waals surface area contributed by atoms with Crippen molar-refractivity contribution in [1.29, 1.82) is 0 Å². The van der Waals surface area contributed by atoms with E-state index in [1.54, 1.807) is 7.11 Å². The highest BCUT2D eigenvalue weighted by Gasteiger charge is 2.18. The first-order valence-corrected chi connectivity index (χ1v) is 7.38. The lowest BCUT2D eigenvalue weighted by atomic mass is 9.82. The molecule has 0 bridgehead atoms. The molecule has 1 aromatic rings. The molecule has 0 radical (unpaired) electrons. The van der Waals surface area contributed by atoms with E-state index in [2.05, 4.69) is 17.2 Å². The highest BCUT2D eigenvalue weighted by Crippen LogP contribution is 2.28. The average molecular weight is 403 g/mol. The van der Waals surface area contributed by atoms with Crippen LogP contribution in [0.25, 0.3) is 0 Å². The van der Waals surface area contributed by atoms with Gasteiger partial charge >= 0.3 is 0 Å².